The molecule has 0 unspecified atom stereocenters. The summed E-state index contributed by atoms with van der Waals surface area (Å²) in [6.07, 6.45) is 0. The number of halogens is 1. The van der Waals surface area contributed by atoms with Gasteiger partial charge in [0.25, 0.3) is 0 Å². The maximum Gasteiger partial charge on any atom is 0.443 e. The van der Waals surface area contributed by atoms with Crippen LogP contribution in [0.3, 0.4) is 0 Å². The molecule has 1 heterocycles. The van der Waals surface area contributed by atoms with Crippen LogP contribution in [-0.2, 0) is 0 Å². The van der Waals surface area contributed by atoms with Gasteiger partial charge >= 0.3 is 17.5 Å². The van der Waals surface area contributed by atoms with Gasteiger partial charge in [0, 0.05) is 17.8 Å². The Morgan fingerprint density at radius 2 is 1.70 bits per heavy atom. The fourth-order valence-corrected chi connectivity index (χ4v) is 2.22. The molecule has 0 N–H and O–H groups in total. The number of anilines is 1. The monoisotopic (exact) mass is 323 g/mol. The summed E-state index contributed by atoms with van der Waals surface area (Å²) in [5.74, 6) is -1.35. The molecule has 2 rings (SSSR count). The van der Waals surface area contributed by atoms with E-state index < -0.39 is 29.3 Å². The van der Waals surface area contributed by atoms with Crippen molar-refractivity contribution >= 4 is 11.7 Å². The van der Waals surface area contributed by atoms with Crippen LogP contribution in [0.2, 0.25) is 0 Å². The molecule has 1 amide bonds. The summed E-state index contributed by atoms with van der Waals surface area (Å²) in [5, 5.41) is 0. The Morgan fingerprint density at radius 3 is 2.13 bits per heavy atom. The molecule has 0 spiro atoms. The van der Waals surface area contributed by atoms with E-state index in [9.17, 15) is 18.8 Å². The maximum absolute atomic E-state index is 13.1. The number of benzene rings is 1. The highest BCUT2D eigenvalue weighted by Crippen LogP contribution is 2.18. The van der Waals surface area contributed by atoms with Crippen molar-refractivity contribution in [2.45, 2.75) is 39.8 Å². The predicted molar refractivity (Wildman–Crippen MR) is 82.4 cm³/mol. The van der Waals surface area contributed by atoms with Gasteiger partial charge < -0.3 is 4.52 Å². The van der Waals surface area contributed by atoms with Crippen LogP contribution in [0.4, 0.5) is 14.9 Å². The van der Waals surface area contributed by atoms with E-state index in [1.54, 1.807) is 27.7 Å². The van der Waals surface area contributed by atoms with Crippen molar-refractivity contribution in [3.8, 4) is 0 Å². The third-order valence-corrected chi connectivity index (χ3v) is 3.26. The molecule has 0 radical (unpaired) electrons. The molecule has 124 valence electrons. The van der Waals surface area contributed by atoms with Crippen molar-refractivity contribution in [3.63, 3.8) is 0 Å². The average molecular weight is 323 g/mol. The fourth-order valence-electron chi connectivity index (χ4n) is 2.22. The first-order valence-electron chi connectivity index (χ1n) is 7.18. The van der Waals surface area contributed by atoms with Crippen LogP contribution in [0, 0.1) is 5.82 Å². The summed E-state index contributed by atoms with van der Waals surface area (Å²) in [4.78, 5) is 37.8. The van der Waals surface area contributed by atoms with Gasteiger partial charge in [0.1, 0.15) is 5.82 Å². The van der Waals surface area contributed by atoms with E-state index in [1.807, 2.05) is 0 Å². The van der Waals surface area contributed by atoms with E-state index in [4.69, 9.17) is 4.52 Å². The minimum absolute atomic E-state index is 0.340. The molecule has 1 aromatic carbocycles. The average Bonchev–Trinajstić information content (AvgIpc) is 2.76. The summed E-state index contributed by atoms with van der Waals surface area (Å²) < 4.78 is 19.1. The van der Waals surface area contributed by atoms with Gasteiger partial charge in [-0.2, -0.15) is 0 Å². The highest BCUT2D eigenvalue weighted by Gasteiger charge is 2.27. The van der Waals surface area contributed by atoms with Gasteiger partial charge in [-0.15, -0.1) is 0 Å². The van der Waals surface area contributed by atoms with Crippen LogP contribution in [0.5, 0.6) is 0 Å². The largest absolute Gasteiger partial charge is 0.443 e. The number of hydrogen-bond acceptors (Lipinski definition) is 4. The second kappa shape index (κ2) is 6.23. The molecule has 0 bridgehead atoms. The first kappa shape index (κ1) is 16.7. The van der Waals surface area contributed by atoms with E-state index in [2.05, 4.69) is 0 Å². The second-order valence-corrected chi connectivity index (χ2v) is 5.62. The molecule has 0 saturated heterocycles. The highest BCUT2D eigenvalue weighted by molar-refractivity contribution is 5.93. The lowest BCUT2D eigenvalue weighted by Gasteiger charge is -2.25. The number of rotatable bonds is 3. The van der Waals surface area contributed by atoms with Gasteiger partial charge in [0.15, 0.2) is 0 Å². The minimum atomic E-state index is -0.902. The first-order chi connectivity index (χ1) is 10.7. The van der Waals surface area contributed by atoms with Gasteiger partial charge in [-0.25, -0.2) is 23.3 Å². The van der Waals surface area contributed by atoms with E-state index >= 15 is 0 Å². The maximum atomic E-state index is 13.1. The lowest BCUT2D eigenvalue weighted by Crippen LogP contribution is -2.44. The van der Waals surface area contributed by atoms with Crippen LogP contribution in [-0.4, -0.2) is 21.4 Å². The standard InChI is InChI=1S/C15H18FN3O4/c1-9(2)17(12-7-5-11(16)6-8-12)13(20)19-14(21)18(10(3)4)15(22)23-19/h5-10H,1-4H3. The zero-order chi connectivity index (χ0) is 17.3. The number of aromatic nitrogens is 2. The molecule has 0 aliphatic carbocycles. The molecule has 0 saturated carbocycles. The van der Waals surface area contributed by atoms with E-state index in [-0.39, 0.29) is 6.04 Å². The number of nitrogens with zero attached hydrogens (tertiary/aromatic N) is 3. The summed E-state index contributed by atoms with van der Waals surface area (Å²) in [6.45, 7) is 6.72. The van der Waals surface area contributed by atoms with Crippen LogP contribution >= 0.6 is 0 Å². The quantitative estimate of drug-likeness (QED) is 0.867. The number of hydrogen-bond donors (Lipinski definition) is 0. The SMILES string of the molecule is CC(C)N(C(=O)n1oc(=O)n(C(C)C)c1=O)c1ccc(F)cc1. The molecular weight excluding hydrogens is 305 g/mol. The Bertz CT molecular complexity index is 814. The van der Waals surface area contributed by atoms with Gasteiger partial charge in [-0.3, -0.25) is 4.90 Å². The summed E-state index contributed by atoms with van der Waals surface area (Å²) in [5.41, 5.74) is -0.457. The van der Waals surface area contributed by atoms with Crippen LogP contribution in [0.15, 0.2) is 38.4 Å². The van der Waals surface area contributed by atoms with Gasteiger partial charge in [0.2, 0.25) is 0 Å². The van der Waals surface area contributed by atoms with Gasteiger partial charge in [-0.05, 0) is 52.0 Å². The van der Waals surface area contributed by atoms with Gasteiger partial charge in [0.05, 0.1) is 0 Å². The first-order valence-corrected chi connectivity index (χ1v) is 7.18. The molecule has 1 aromatic heterocycles. The summed E-state index contributed by atoms with van der Waals surface area (Å²) in [6, 6.07) is 3.64. The van der Waals surface area contributed by atoms with E-state index in [0.717, 1.165) is 4.57 Å². The third kappa shape index (κ3) is 3.10. The predicted octanol–water partition coefficient (Wildman–Crippen LogP) is 2.21. The lowest BCUT2D eigenvalue weighted by molar-refractivity contribution is 0.208. The second-order valence-electron chi connectivity index (χ2n) is 5.62. The Hall–Kier alpha value is -2.64. The molecular formula is C15H18FN3O4. The molecule has 2 aromatic rings. The molecule has 8 heteroatoms. The molecule has 7 nitrogen and oxygen atoms in total. The smallest absolute Gasteiger partial charge is 0.307 e. The van der Waals surface area contributed by atoms with Crippen LogP contribution < -0.4 is 16.3 Å². The molecule has 23 heavy (non-hydrogen) atoms. The van der Waals surface area contributed by atoms with Crippen molar-refractivity contribution in [3.05, 3.63) is 51.1 Å². The Balaban J connectivity index is 2.52. The Morgan fingerprint density at radius 1 is 1.13 bits per heavy atom. The Labute approximate surface area is 131 Å². The Kier molecular flexibility index (Phi) is 4.53. The molecule has 0 aliphatic rings. The third-order valence-electron chi connectivity index (χ3n) is 3.26. The van der Waals surface area contributed by atoms with Crippen molar-refractivity contribution in [2.24, 2.45) is 0 Å². The molecule has 0 atom stereocenters. The van der Waals surface area contributed by atoms with Crippen molar-refractivity contribution in [2.75, 3.05) is 4.90 Å². The van der Waals surface area contributed by atoms with E-state index in [1.165, 1.54) is 29.2 Å². The van der Waals surface area contributed by atoms with Crippen LogP contribution in [0.25, 0.3) is 0 Å². The topological polar surface area (TPSA) is 77.5 Å². The lowest BCUT2D eigenvalue weighted by atomic mass is 10.2. The minimum Gasteiger partial charge on any atom is -0.307 e. The fraction of sp³-hybridized carbons (Fsp3) is 0.400. The zero-order valence-electron chi connectivity index (χ0n) is 13.3. The zero-order valence-corrected chi connectivity index (χ0v) is 13.3. The summed E-state index contributed by atoms with van der Waals surface area (Å²) >= 11 is 0. The van der Waals surface area contributed by atoms with Crippen molar-refractivity contribution < 1.29 is 13.7 Å². The number of carbonyl (C=O) groups excluding carboxylic acids is 1. The number of amides is 1. The normalized spacial score (nSPS) is 11.3. The van der Waals surface area contributed by atoms with Gasteiger partial charge in [-0.1, -0.05) is 4.74 Å². The highest BCUT2D eigenvalue weighted by atomic mass is 19.1. The molecule has 0 fully saturated rings. The van der Waals surface area contributed by atoms with Crippen molar-refractivity contribution in [1.82, 2.24) is 9.31 Å². The van der Waals surface area contributed by atoms with E-state index in [0.29, 0.717) is 10.4 Å². The number of carbonyl (C=O) groups is 1. The summed E-state index contributed by atoms with van der Waals surface area (Å²) in [7, 11) is 0. The van der Waals surface area contributed by atoms with Crippen molar-refractivity contribution in [1.29, 1.82) is 0 Å². The molecule has 0 aliphatic heterocycles. The van der Waals surface area contributed by atoms with Crippen LogP contribution in [0.1, 0.15) is 33.7 Å².